The number of hydrogen-bond donors (Lipinski definition) is 1. The monoisotopic (exact) mass is 241 g/mol. The Balaban J connectivity index is 4.18. The maximum atomic E-state index is 11.4. The molecular weight excluding hydrogens is 222 g/mol. The first-order valence-corrected chi connectivity index (χ1v) is 5.32. The molecule has 0 aliphatic heterocycles. The molecule has 96 valence electrons. The zero-order chi connectivity index (χ0) is 13.6. The smallest absolute Gasteiger partial charge is 0.408 e. The molecule has 5 nitrogen and oxygen atoms in total. The summed E-state index contributed by atoms with van der Waals surface area (Å²) in [6, 6.07) is -0.805. The summed E-state index contributed by atoms with van der Waals surface area (Å²) in [4.78, 5) is 22.8. The second kappa shape index (κ2) is 6.14. The summed E-state index contributed by atoms with van der Waals surface area (Å²) < 4.78 is 9.84. The summed E-state index contributed by atoms with van der Waals surface area (Å²) in [6.45, 7) is 8.26. The molecule has 1 amide bonds. The Morgan fingerprint density at radius 1 is 1.29 bits per heavy atom. The van der Waals surface area contributed by atoms with Gasteiger partial charge in [-0.1, -0.05) is 5.92 Å². The fourth-order valence-electron chi connectivity index (χ4n) is 0.854. The molecule has 0 aliphatic rings. The average Bonchev–Trinajstić information content (AvgIpc) is 2.14. The Hall–Kier alpha value is -1.70. The number of carbonyl (C=O) groups is 2. The number of hydrogen-bond acceptors (Lipinski definition) is 4. The van der Waals surface area contributed by atoms with E-state index in [1.165, 1.54) is 6.92 Å². The highest BCUT2D eigenvalue weighted by Gasteiger charge is 2.22. The predicted octanol–water partition coefficient (Wildman–Crippen LogP) is 1.46. The fraction of sp³-hybridized carbons (Fsp3) is 0.667. The summed E-state index contributed by atoms with van der Waals surface area (Å²) in [5.74, 6) is 1.66. The molecule has 0 heterocycles. The number of nitrogens with one attached hydrogen (secondary N) is 1. The molecule has 17 heavy (non-hydrogen) atoms. The topological polar surface area (TPSA) is 64.6 Å². The molecule has 0 fully saturated rings. The van der Waals surface area contributed by atoms with Crippen LogP contribution < -0.4 is 5.32 Å². The van der Waals surface area contributed by atoms with Crippen molar-refractivity contribution in [1.82, 2.24) is 5.32 Å². The zero-order valence-electron chi connectivity index (χ0n) is 10.9. The van der Waals surface area contributed by atoms with E-state index in [-0.39, 0.29) is 0 Å². The van der Waals surface area contributed by atoms with Gasteiger partial charge in [-0.3, -0.25) is 0 Å². The minimum absolute atomic E-state index is 0.596. The first-order chi connectivity index (χ1) is 7.65. The minimum Gasteiger partial charge on any atom is -0.448 e. The first kappa shape index (κ1) is 15.3. The van der Waals surface area contributed by atoms with Crippen LogP contribution in [0.2, 0.25) is 0 Å². The van der Waals surface area contributed by atoms with E-state index in [0.29, 0.717) is 0 Å². The van der Waals surface area contributed by atoms with Crippen molar-refractivity contribution in [3.63, 3.8) is 0 Å². The number of rotatable bonds is 3. The van der Waals surface area contributed by atoms with Crippen LogP contribution in [0.4, 0.5) is 4.79 Å². The third-order valence-corrected chi connectivity index (χ3v) is 1.61. The predicted molar refractivity (Wildman–Crippen MR) is 63.2 cm³/mol. The van der Waals surface area contributed by atoms with Crippen molar-refractivity contribution in [3.8, 4) is 12.3 Å². The summed E-state index contributed by atoms with van der Waals surface area (Å²) >= 11 is 0. The third-order valence-electron chi connectivity index (χ3n) is 1.61. The van der Waals surface area contributed by atoms with Crippen LogP contribution in [0, 0.1) is 12.3 Å². The van der Waals surface area contributed by atoms with Gasteiger partial charge < -0.3 is 14.8 Å². The summed E-state index contributed by atoms with van der Waals surface area (Å²) in [5.41, 5.74) is -0.611. The Morgan fingerprint density at radius 3 is 2.24 bits per heavy atom. The van der Waals surface area contributed by atoms with Crippen molar-refractivity contribution < 1.29 is 19.1 Å². The van der Waals surface area contributed by atoms with E-state index in [0.717, 1.165) is 0 Å². The molecule has 0 aromatic heterocycles. The molecule has 0 aromatic carbocycles. The second-order valence-corrected chi connectivity index (χ2v) is 4.61. The van der Waals surface area contributed by atoms with Gasteiger partial charge in [0.15, 0.2) is 6.10 Å². The molecule has 0 radical (unpaired) electrons. The van der Waals surface area contributed by atoms with E-state index in [1.54, 1.807) is 27.7 Å². The fourth-order valence-corrected chi connectivity index (χ4v) is 0.854. The van der Waals surface area contributed by atoms with Crippen LogP contribution in [0.25, 0.3) is 0 Å². The summed E-state index contributed by atoms with van der Waals surface area (Å²) in [5, 5.41) is 2.36. The zero-order valence-corrected chi connectivity index (χ0v) is 10.9. The van der Waals surface area contributed by atoms with Gasteiger partial charge in [-0.05, 0) is 34.6 Å². The Morgan fingerprint density at radius 2 is 1.82 bits per heavy atom. The van der Waals surface area contributed by atoms with Crippen LogP contribution in [-0.4, -0.2) is 29.8 Å². The molecule has 0 spiro atoms. The molecular formula is C12H19NO4. The second-order valence-electron chi connectivity index (χ2n) is 4.61. The van der Waals surface area contributed by atoms with Crippen molar-refractivity contribution in [2.75, 3.05) is 0 Å². The quantitative estimate of drug-likeness (QED) is 0.600. The van der Waals surface area contributed by atoms with Crippen LogP contribution >= 0.6 is 0 Å². The maximum Gasteiger partial charge on any atom is 0.408 e. The largest absolute Gasteiger partial charge is 0.448 e. The lowest BCUT2D eigenvalue weighted by molar-refractivity contribution is -0.147. The lowest BCUT2D eigenvalue weighted by Crippen LogP contribution is -2.43. The Labute approximate surface area is 102 Å². The molecule has 2 atom stereocenters. The van der Waals surface area contributed by atoms with Crippen LogP contribution in [0.15, 0.2) is 0 Å². The van der Waals surface area contributed by atoms with Crippen molar-refractivity contribution in [1.29, 1.82) is 0 Å². The average molecular weight is 241 g/mol. The number of terminal acetylenes is 1. The summed E-state index contributed by atoms with van der Waals surface area (Å²) in [6.07, 6.45) is 3.77. The van der Waals surface area contributed by atoms with Crippen molar-refractivity contribution >= 4 is 12.1 Å². The lowest BCUT2D eigenvalue weighted by atomic mass is 10.2. The number of esters is 1. The van der Waals surface area contributed by atoms with Crippen LogP contribution in [0.3, 0.4) is 0 Å². The Kier molecular flexibility index (Phi) is 5.52. The van der Waals surface area contributed by atoms with Crippen LogP contribution in [0.5, 0.6) is 0 Å². The minimum atomic E-state index is -0.805. The van der Waals surface area contributed by atoms with Gasteiger partial charge in [0.2, 0.25) is 0 Å². The standard InChI is InChI=1S/C12H19NO4/c1-7-8(2)16-10(14)9(3)13-11(15)17-12(4,5)6/h1,8-9H,2-6H3,(H,13,15)/t8-,9+/m1/s1. The number of carbonyl (C=O) groups excluding carboxylic acids is 2. The van der Waals surface area contributed by atoms with E-state index >= 15 is 0 Å². The number of ether oxygens (including phenoxy) is 2. The molecule has 1 N–H and O–H groups in total. The van der Waals surface area contributed by atoms with Crippen molar-refractivity contribution in [2.45, 2.75) is 52.4 Å². The SMILES string of the molecule is C#C[C@@H](C)OC(=O)[C@H](C)NC(=O)OC(C)(C)C. The van der Waals surface area contributed by atoms with E-state index in [2.05, 4.69) is 11.2 Å². The van der Waals surface area contributed by atoms with Gasteiger partial charge in [-0.25, -0.2) is 9.59 Å². The van der Waals surface area contributed by atoms with Gasteiger partial charge in [0.1, 0.15) is 11.6 Å². The van der Waals surface area contributed by atoms with Crippen LogP contribution in [0.1, 0.15) is 34.6 Å². The van der Waals surface area contributed by atoms with Gasteiger partial charge in [0.05, 0.1) is 0 Å². The molecule has 0 saturated heterocycles. The molecule has 0 aromatic rings. The van der Waals surface area contributed by atoms with Gasteiger partial charge in [0, 0.05) is 0 Å². The molecule has 0 unspecified atom stereocenters. The maximum absolute atomic E-state index is 11.4. The molecule has 5 heteroatoms. The highest BCUT2D eigenvalue weighted by molar-refractivity contribution is 5.81. The van der Waals surface area contributed by atoms with Crippen LogP contribution in [-0.2, 0) is 14.3 Å². The van der Waals surface area contributed by atoms with Gasteiger partial charge in [-0.15, -0.1) is 6.42 Å². The number of amides is 1. The lowest BCUT2D eigenvalue weighted by Gasteiger charge is -2.21. The molecule has 0 bridgehead atoms. The Bertz CT molecular complexity index is 324. The third kappa shape index (κ3) is 7.23. The molecule has 0 rings (SSSR count). The molecule has 0 saturated carbocycles. The van der Waals surface area contributed by atoms with E-state index in [9.17, 15) is 9.59 Å². The van der Waals surface area contributed by atoms with E-state index in [1.807, 2.05) is 0 Å². The normalized spacial score (nSPS) is 14.1. The number of alkyl carbamates (subject to hydrolysis) is 1. The van der Waals surface area contributed by atoms with Crippen molar-refractivity contribution in [2.24, 2.45) is 0 Å². The van der Waals surface area contributed by atoms with Crippen molar-refractivity contribution in [3.05, 3.63) is 0 Å². The van der Waals surface area contributed by atoms with Gasteiger partial charge in [0.25, 0.3) is 0 Å². The molecule has 0 aliphatic carbocycles. The highest BCUT2D eigenvalue weighted by Crippen LogP contribution is 2.07. The van der Waals surface area contributed by atoms with Gasteiger partial charge in [-0.2, -0.15) is 0 Å². The van der Waals surface area contributed by atoms with E-state index < -0.39 is 29.8 Å². The first-order valence-electron chi connectivity index (χ1n) is 5.32. The van der Waals surface area contributed by atoms with E-state index in [4.69, 9.17) is 15.9 Å². The highest BCUT2D eigenvalue weighted by atomic mass is 16.6. The van der Waals surface area contributed by atoms with Gasteiger partial charge >= 0.3 is 12.1 Å². The summed E-state index contributed by atoms with van der Waals surface area (Å²) in [7, 11) is 0.